The van der Waals surface area contributed by atoms with Gasteiger partial charge in [0.1, 0.15) is 0 Å². The smallest absolute Gasteiger partial charge is 0.204 e. The Kier molecular flexibility index (Phi) is 5.93. The van der Waals surface area contributed by atoms with Crippen molar-refractivity contribution in [3.8, 4) is 0 Å². The molecule has 3 aromatic carbocycles. The molecule has 0 heterocycles. The lowest BCUT2D eigenvalue weighted by Crippen LogP contribution is -2.22. The summed E-state index contributed by atoms with van der Waals surface area (Å²) in [7, 11) is 0. The van der Waals surface area contributed by atoms with E-state index in [9.17, 15) is 22.0 Å². The molecule has 0 aliphatic heterocycles. The highest BCUT2D eigenvalue weighted by atomic mass is 19.4. The zero-order chi connectivity index (χ0) is 20.1. The normalized spacial score (nSPS) is 13.0. The van der Waals surface area contributed by atoms with E-state index in [0.29, 0.717) is 11.1 Å². The van der Waals surface area contributed by atoms with Gasteiger partial charge >= 0.3 is 6.18 Å². The molecule has 0 bridgehead atoms. The lowest BCUT2D eigenvalue weighted by atomic mass is 9.91. The predicted molar refractivity (Wildman–Crippen MR) is 101 cm³/mol. The minimum atomic E-state index is -4.34. The summed E-state index contributed by atoms with van der Waals surface area (Å²) < 4.78 is 66.6. The van der Waals surface area contributed by atoms with Crippen LogP contribution in [0.4, 0.5) is 22.0 Å². The molecule has 0 fully saturated rings. The zero-order valence-electron chi connectivity index (χ0n) is 14.8. The summed E-state index contributed by atoms with van der Waals surface area (Å²) in [6.45, 7) is 0. The fourth-order valence-electron chi connectivity index (χ4n) is 2.92. The summed E-state index contributed by atoms with van der Waals surface area (Å²) in [4.78, 5) is 0. The first-order valence-corrected chi connectivity index (χ1v) is 8.66. The standard InChI is InChI=1S/C23H17F5/c24-21-13-12-18(15-22(21)25)11-8-16-6-9-17(10-7-16)14-20(23(26,27)28)19-4-2-1-3-5-19/h1-13,15,20H,14H2/t20-/m0/s1. The van der Waals surface area contributed by atoms with Crippen LogP contribution >= 0.6 is 0 Å². The summed E-state index contributed by atoms with van der Waals surface area (Å²) in [6.07, 6.45) is -1.19. The first-order chi connectivity index (χ1) is 13.3. The number of hydrogen-bond donors (Lipinski definition) is 0. The SMILES string of the molecule is Fc1ccc(C=Cc2ccc(C[C@@H](c3ccccc3)C(F)(F)F)cc2)cc1F. The molecule has 0 spiro atoms. The molecule has 0 amide bonds. The number of hydrogen-bond acceptors (Lipinski definition) is 0. The second-order valence-corrected chi connectivity index (χ2v) is 6.46. The molecule has 28 heavy (non-hydrogen) atoms. The van der Waals surface area contributed by atoms with Crippen LogP contribution in [0.5, 0.6) is 0 Å². The van der Waals surface area contributed by atoms with Gasteiger partial charge in [-0.05, 0) is 40.8 Å². The van der Waals surface area contributed by atoms with Gasteiger partial charge < -0.3 is 0 Å². The third-order valence-electron chi connectivity index (χ3n) is 4.43. The Bertz CT molecular complexity index is 941. The highest BCUT2D eigenvalue weighted by Crippen LogP contribution is 2.37. The van der Waals surface area contributed by atoms with E-state index in [1.54, 1.807) is 54.6 Å². The van der Waals surface area contributed by atoms with Crippen molar-refractivity contribution < 1.29 is 22.0 Å². The maximum atomic E-state index is 13.5. The molecule has 0 aromatic heterocycles. The van der Waals surface area contributed by atoms with Crippen molar-refractivity contribution >= 4 is 12.2 Å². The summed E-state index contributed by atoms with van der Waals surface area (Å²) in [5.41, 5.74) is 2.04. The molecule has 0 saturated heterocycles. The third kappa shape index (κ3) is 5.06. The first-order valence-electron chi connectivity index (χ1n) is 8.66. The molecule has 0 N–H and O–H groups in total. The van der Waals surface area contributed by atoms with Crippen LogP contribution < -0.4 is 0 Å². The number of rotatable bonds is 5. The van der Waals surface area contributed by atoms with Gasteiger partial charge in [-0.3, -0.25) is 0 Å². The van der Waals surface area contributed by atoms with E-state index in [2.05, 4.69) is 0 Å². The molecule has 0 saturated carbocycles. The van der Waals surface area contributed by atoms with Gasteiger partial charge in [0.25, 0.3) is 0 Å². The predicted octanol–water partition coefficient (Wildman–Crippen LogP) is 7.02. The molecule has 0 radical (unpaired) electrons. The Morgan fingerprint density at radius 1 is 0.714 bits per heavy atom. The van der Waals surface area contributed by atoms with Crippen molar-refractivity contribution in [3.05, 3.63) is 107 Å². The molecule has 0 unspecified atom stereocenters. The van der Waals surface area contributed by atoms with Crippen LogP contribution in [0, 0.1) is 11.6 Å². The van der Waals surface area contributed by atoms with Crippen molar-refractivity contribution in [2.75, 3.05) is 0 Å². The fraction of sp³-hybridized carbons (Fsp3) is 0.130. The van der Waals surface area contributed by atoms with E-state index in [-0.39, 0.29) is 12.0 Å². The topological polar surface area (TPSA) is 0 Å². The Morgan fingerprint density at radius 3 is 1.93 bits per heavy atom. The molecule has 5 heteroatoms. The first kappa shape index (κ1) is 19.8. The minimum Gasteiger partial charge on any atom is -0.204 e. The zero-order valence-corrected chi connectivity index (χ0v) is 14.8. The van der Waals surface area contributed by atoms with Crippen molar-refractivity contribution in [2.24, 2.45) is 0 Å². The van der Waals surface area contributed by atoms with Crippen LogP contribution in [0.1, 0.15) is 28.2 Å². The van der Waals surface area contributed by atoms with Gasteiger partial charge in [0.2, 0.25) is 0 Å². The lowest BCUT2D eigenvalue weighted by molar-refractivity contribution is -0.150. The Balaban J connectivity index is 1.74. The van der Waals surface area contributed by atoms with Crippen molar-refractivity contribution in [1.29, 1.82) is 0 Å². The second-order valence-electron chi connectivity index (χ2n) is 6.46. The van der Waals surface area contributed by atoms with E-state index < -0.39 is 23.7 Å². The number of halogens is 5. The van der Waals surface area contributed by atoms with Gasteiger partial charge in [-0.25, -0.2) is 8.78 Å². The second kappa shape index (κ2) is 8.38. The van der Waals surface area contributed by atoms with Crippen LogP contribution in [0.3, 0.4) is 0 Å². The van der Waals surface area contributed by atoms with E-state index in [4.69, 9.17) is 0 Å². The van der Waals surface area contributed by atoms with Crippen LogP contribution in [0.15, 0.2) is 72.8 Å². The van der Waals surface area contributed by atoms with E-state index in [0.717, 1.165) is 17.7 Å². The van der Waals surface area contributed by atoms with Crippen molar-refractivity contribution in [3.63, 3.8) is 0 Å². The molecule has 1 atom stereocenters. The third-order valence-corrected chi connectivity index (χ3v) is 4.43. The Morgan fingerprint density at radius 2 is 1.32 bits per heavy atom. The van der Waals surface area contributed by atoms with Crippen LogP contribution in [-0.2, 0) is 6.42 Å². The number of benzene rings is 3. The maximum Gasteiger partial charge on any atom is 0.396 e. The van der Waals surface area contributed by atoms with Crippen LogP contribution in [0.2, 0.25) is 0 Å². The van der Waals surface area contributed by atoms with Crippen LogP contribution in [-0.4, -0.2) is 6.18 Å². The number of alkyl halides is 3. The average molecular weight is 388 g/mol. The molecule has 0 nitrogen and oxygen atoms in total. The van der Waals surface area contributed by atoms with Gasteiger partial charge in [-0.2, -0.15) is 13.2 Å². The average Bonchev–Trinajstić information content (AvgIpc) is 2.68. The molecular formula is C23H17F5. The molecule has 0 aliphatic carbocycles. The van der Waals surface area contributed by atoms with E-state index >= 15 is 0 Å². The maximum absolute atomic E-state index is 13.5. The summed E-state index contributed by atoms with van der Waals surface area (Å²) in [5, 5.41) is 0. The summed E-state index contributed by atoms with van der Waals surface area (Å²) >= 11 is 0. The molecule has 3 rings (SSSR count). The van der Waals surface area contributed by atoms with Crippen molar-refractivity contribution in [1.82, 2.24) is 0 Å². The summed E-state index contributed by atoms with van der Waals surface area (Å²) in [6, 6.07) is 18.1. The van der Waals surface area contributed by atoms with Gasteiger partial charge in [0.05, 0.1) is 5.92 Å². The molecule has 144 valence electrons. The van der Waals surface area contributed by atoms with Crippen molar-refractivity contribution in [2.45, 2.75) is 18.5 Å². The molecule has 0 aliphatic rings. The minimum absolute atomic E-state index is 0.152. The van der Waals surface area contributed by atoms with Gasteiger partial charge in [-0.1, -0.05) is 72.8 Å². The Labute approximate surface area is 160 Å². The highest BCUT2D eigenvalue weighted by Gasteiger charge is 2.40. The molecular weight excluding hydrogens is 371 g/mol. The van der Waals surface area contributed by atoms with Gasteiger partial charge in [0, 0.05) is 0 Å². The quantitative estimate of drug-likeness (QED) is 0.325. The van der Waals surface area contributed by atoms with E-state index in [1.165, 1.54) is 18.2 Å². The van der Waals surface area contributed by atoms with Gasteiger partial charge in [-0.15, -0.1) is 0 Å². The highest BCUT2D eigenvalue weighted by molar-refractivity contribution is 5.69. The largest absolute Gasteiger partial charge is 0.396 e. The lowest BCUT2D eigenvalue weighted by Gasteiger charge is -2.21. The van der Waals surface area contributed by atoms with Gasteiger partial charge in [0.15, 0.2) is 11.6 Å². The molecule has 3 aromatic rings. The monoisotopic (exact) mass is 388 g/mol. The van der Waals surface area contributed by atoms with Crippen LogP contribution in [0.25, 0.3) is 12.2 Å². The Hall–Kier alpha value is -2.95. The van der Waals surface area contributed by atoms with E-state index in [1.807, 2.05) is 0 Å². The summed E-state index contributed by atoms with van der Waals surface area (Å²) in [5.74, 6) is -3.42. The fourth-order valence-corrected chi connectivity index (χ4v) is 2.92.